The molecule has 0 aromatic rings. The molecule has 0 saturated heterocycles. The van der Waals surface area contributed by atoms with Crippen molar-refractivity contribution in [3.8, 4) is 0 Å². The molecule has 1 fully saturated rings. The Morgan fingerprint density at radius 1 is 1.50 bits per heavy atom. The van der Waals surface area contributed by atoms with Gasteiger partial charge in [-0.2, -0.15) is 0 Å². The molecule has 1 atom stereocenters. The number of nitrogens with one attached hydrogen (secondary N) is 1. The fraction of sp³-hybridized carbons (Fsp3) is 0.625. The lowest BCUT2D eigenvalue weighted by Crippen LogP contribution is -2.12. The molecule has 0 aromatic carbocycles. The second-order valence-corrected chi connectivity index (χ2v) is 5.33. The van der Waals surface area contributed by atoms with E-state index in [-0.39, 0.29) is 12.3 Å². The van der Waals surface area contributed by atoms with Crippen LogP contribution in [0.1, 0.15) is 46.0 Å². The summed E-state index contributed by atoms with van der Waals surface area (Å²) in [5.74, 6) is 0.453. The van der Waals surface area contributed by atoms with Crippen molar-refractivity contribution in [2.45, 2.75) is 46.0 Å². The van der Waals surface area contributed by atoms with Crippen LogP contribution in [0.25, 0.3) is 0 Å². The van der Waals surface area contributed by atoms with Crippen LogP contribution in [0, 0.1) is 17.2 Å². The van der Waals surface area contributed by atoms with Crippen LogP contribution in [0.3, 0.4) is 0 Å². The molecule has 1 aliphatic carbocycles. The summed E-state index contributed by atoms with van der Waals surface area (Å²) in [4.78, 5) is 11.0. The first kappa shape index (κ1) is 16.5. The van der Waals surface area contributed by atoms with E-state index in [0.29, 0.717) is 12.5 Å². The van der Waals surface area contributed by atoms with Crippen molar-refractivity contribution in [2.24, 2.45) is 11.8 Å². The average molecular weight is 279 g/mol. The second kappa shape index (κ2) is 8.56. The minimum absolute atomic E-state index is 0.00109. The number of ether oxygens (including phenoxy) is 1. The smallest absolute Gasteiger partial charge is 0.303 e. The summed E-state index contributed by atoms with van der Waals surface area (Å²) in [6.07, 6.45) is 9.20. The number of carboxylic acid groups (broad SMARTS) is 1. The highest BCUT2D eigenvalue weighted by atomic mass is 16.5. The van der Waals surface area contributed by atoms with Gasteiger partial charge in [-0.25, -0.2) is 0 Å². The number of hydrogen-bond acceptors (Lipinski definition) is 3. The summed E-state index contributed by atoms with van der Waals surface area (Å²) in [5, 5.41) is 16.3. The van der Waals surface area contributed by atoms with Crippen LogP contribution in [0.15, 0.2) is 23.5 Å². The molecule has 4 nitrogen and oxygen atoms in total. The number of allylic oxidation sites excluding steroid dienone is 4. The highest BCUT2D eigenvalue weighted by Crippen LogP contribution is 2.42. The van der Waals surface area contributed by atoms with Crippen LogP contribution in [-0.4, -0.2) is 23.9 Å². The lowest BCUT2D eigenvalue weighted by Gasteiger charge is -2.16. The topological polar surface area (TPSA) is 70.4 Å². The molecule has 2 N–H and O–H groups in total. The first-order valence-electron chi connectivity index (χ1n) is 7.32. The molecule has 20 heavy (non-hydrogen) atoms. The number of rotatable bonds is 10. The van der Waals surface area contributed by atoms with Gasteiger partial charge >= 0.3 is 5.97 Å². The quantitative estimate of drug-likeness (QED) is 0.277. The van der Waals surface area contributed by atoms with Crippen LogP contribution in [0.5, 0.6) is 0 Å². The van der Waals surface area contributed by atoms with Crippen LogP contribution >= 0.6 is 0 Å². The van der Waals surface area contributed by atoms with E-state index in [4.69, 9.17) is 15.3 Å². The maximum absolute atomic E-state index is 11.0. The van der Waals surface area contributed by atoms with E-state index < -0.39 is 5.97 Å². The molecule has 4 heteroatoms. The molecule has 0 radical (unpaired) electrons. The molecule has 1 rings (SSSR count). The third kappa shape index (κ3) is 6.04. The molecule has 0 spiro atoms. The van der Waals surface area contributed by atoms with Crippen LogP contribution in [0.4, 0.5) is 0 Å². The molecule has 0 aliphatic heterocycles. The minimum atomic E-state index is -0.782. The molecule has 112 valence electrons. The zero-order valence-corrected chi connectivity index (χ0v) is 12.4. The third-order valence-corrected chi connectivity index (χ3v) is 3.49. The summed E-state index contributed by atoms with van der Waals surface area (Å²) in [5.41, 5.74) is 0.902. The van der Waals surface area contributed by atoms with Crippen LogP contribution < -0.4 is 0 Å². The van der Waals surface area contributed by atoms with Crippen molar-refractivity contribution in [3.63, 3.8) is 0 Å². The molecular formula is C16H25NO3. The normalized spacial score (nSPS) is 17.7. The van der Waals surface area contributed by atoms with Crippen molar-refractivity contribution in [1.29, 1.82) is 5.41 Å². The van der Waals surface area contributed by atoms with Crippen molar-refractivity contribution in [2.75, 3.05) is 6.61 Å². The fourth-order valence-electron chi connectivity index (χ4n) is 2.27. The average Bonchev–Trinajstić information content (AvgIpc) is 3.20. The Hall–Kier alpha value is -1.58. The van der Waals surface area contributed by atoms with Gasteiger partial charge in [-0.1, -0.05) is 13.3 Å². The van der Waals surface area contributed by atoms with Gasteiger partial charge in [0.05, 0.1) is 18.8 Å². The predicted molar refractivity (Wildman–Crippen MR) is 80.0 cm³/mol. The Morgan fingerprint density at radius 3 is 2.70 bits per heavy atom. The number of carbonyl (C=O) groups is 1. The molecule has 0 bridgehead atoms. The van der Waals surface area contributed by atoms with E-state index in [9.17, 15) is 4.79 Å². The van der Waals surface area contributed by atoms with Gasteiger partial charge in [0.1, 0.15) is 0 Å². The maximum Gasteiger partial charge on any atom is 0.303 e. The molecule has 0 heterocycles. The second-order valence-electron chi connectivity index (χ2n) is 5.33. The van der Waals surface area contributed by atoms with Gasteiger partial charge < -0.3 is 15.3 Å². The molecule has 1 saturated carbocycles. The van der Waals surface area contributed by atoms with Crippen molar-refractivity contribution >= 4 is 12.2 Å². The molecule has 1 unspecified atom stereocenters. The number of hydrogen-bond donors (Lipinski definition) is 2. The molecule has 0 aromatic heterocycles. The number of unbranched alkanes of at least 4 members (excludes halogenated alkanes) is 1. The van der Waals surface area contributed by atoms with E-state index in [2.05, 4.69) is 6.92 Å². The Morgan fingerprint density at radius 2 is 2.20 bits per heavy atom. The van der Waals surface area contributed by atoms with Gasteiger partial charge in [0.15, 0.2) is 0 Å². The Labute approximate surface area is 121 Å². The summed E-state index contributed by atoms with van der Waals surface area (Å²) in [6.45, 7) is 4.68. The first-order chi connectivity index (χ1) is 9.58. The van der Waals surface area contributed by atoms with E-state index in [1.54, 1.807) is 6.08 Å². The largest absolute Gasteiger partial charge is 0.498 e. The maximum atomic E-state index is 11.0. The minimum Gasteiger partial charge on any atom is -0.498 e. The zero-order chi connectivity index (χ0) is 15.0. The van der Waals surface area contributed by atoms with Gasteiger partial charge in [-0.15, -0.1) is 0 Å². The van der Waals surface area contributed by atoms with Gasteiger partial charge in [0.2, 0.25) is 0 Å². The number of aliphatic carboxylic acids is 1. The summed E-state index contributed by atoms with van der Waals surface area (Å²) in [7, 11) is 0. The summed E-state index contributed by atoms with van der Waals surface area (Å²) in [6, 6.07) is 0. The van der Waals surface area contributed by atoms with Crippen molar-refractivity contribution in [1.82, 2.24) is 0 Å². The van der Waals surface area contributed by atoms with E-state index in [1.807, 2.05) is 13.0 Å². The lowest BCUT2D eigenvalue weighted by molar-refractivity contribution is -0.137. The molecular weight excluding hydrogens is 254 g/mol. The van der Waals surface area contributed by atoms with Crippen LogP contribution in [0.2, 0.25) is 0 Å². The van der Waals surface area contributed by atoms with Crippen LogP contribution in [-0.2, 0) is 9.53 Å². The van der Waals surface area contributed by atoms with Gasteiger partial charge in [-0.05, 0) is 55.7 Å². The van der Waals surface area contributed by atoms with Crippen molar-refractivity contribution < 1.29 is 14.6 Å². The number of carboxylic acids is 1. The fourth-order valence-corrected chi connectivity index (χ4v) is 2.27. The van der Waals surface area contributed by atoms with E-state index in [0.717, 1.165) is 37.0 Å². The Kier molecular flexibility index (Phi) is 7.05. The monoisotopic (exact) mass is 279 g/mol. The van der Waals surface area contributed by atoms with Gasteiger partial charge in [0, 0.05) is 6.21 Å². The summed E-state index contributed by atoms with van der Waals surface area (Å²) < 4.78 is 5.61. The van der Waals surface area contributed by atoms with E-state index in [1.165, 1.54) is 6.21 Å². The SMILES string of the molecule is CCCCO/C(C)=C/C(=C\C=N)C(CC(=O)O)C1CC1. The lowest BCUT2D eigenvalue weighted by atomic mass is 9.90. The Balaban J connectivity index is 2.75. The summed E-state index contributed by atoms with van der Waals surface area (Å²) >= 11 is 0. The van der Waals surface area contributed by atoms with Gasteiger partial charge in [0.25, 0.3) is 0 Å². The highest BCUT2D eigenvalue weighted by molar-refractivity contribution is 5.72. The first-order valence-corrected chi connectivity index (χ1v) is 7.32. The third-order valence-electron chi connectivity index (χ3n) is 3.49. The molecule has 1 aliphatic rings. The molecule has 0 amide bonds. The van der Waals surface area contributed by atoms with Gasteiger partial charge in [-0.3, -0.25) is 4.79 Å². The zero-order valence-electron chi connectivity index (χ0n) is 12.4. The highest BCUT2D eigenvalue weighted by Gasteiger charge is 2.34. The standard InChI is InChI=1S/C16H25NO3/c1-3-4-9-20-12(2)10-14(7-8-17)15(11-16(18)19)13-5-6-13/h7-8,10,13,15,17H,3-6,9,11H2,1-2H3,(H,18,19)/b12-10+,14-7+,17-8?. The predicted octanol–water partition coefficient (Wildman–Crippen LogP) is 3.78. The van der Waals surface area contributed by atoms with E-state index >= 15 is 0 Å². The Bertz CT molecular complexity index is 395. The van der Waals surface area contributed by atoms with Crippen molar-refractivity contribution in [3.05, 3.63) is 23.5 Å².